The highest BCUT2D eigenvalue weighted by Gasteiger charge is 2.29. The lowest BCUT2D eigenvalue weighted by Crippen LogP contribution is -2.30. The maximum Gasteiger partial charge on any atom is 0.333 e. The SMILES string of the molecule is Cc1sc(C(=O)c2cncnc2N[C@H]2CC[C@@H](COS(N)(=O)=O)C2)cc1C1NCCc2ccc(Br)cc21. The van der Waals surface area contributed by atoms with Crippen LogP contribution in [-0.4, -0.2) is 43.4 Å². The van der Waals surface area contributed by atoms with Gasteiger partial charge in [0, 0.05) is 28.1 Å². The van der Waals surface area contributed by atoms with Crippen LogP contribution < -0.4 is 15.8 Å². The fourth-order valence-electron chi connectivity index (χ4n) is 5.18. The van der Waals surface area contributed by atoms with E-state index in [1.807, 2.05) is 13.0 Å². The zero-order chi connectivity index (χ0) is 26.2. The van der Waals surface area contributed by atoms with E-state index in [0.717, 1.165) is 40.7 Å². The van der Waals surface area contributed by atoms with Gasteiger partial charge in [-0.2, -0.15) is 8.42 Å². The maximum atomic E-state index is 13.6. The monoisotopic (exact) mass is 605 g/mol. The maximum absolute atomic E-state index is 13.6. The molecule has 3 heterocycles. The number of aryl methyl sites for hydroxylation is 1. The average molecular weight is 607 g/mol. The third-order valence-corrected chi connectivity index (χ3v) is 8.98. The number of aromatic nitrogens is 2. The van der Waals surface area contributed by atoms with Crippen LogP contribution in [0.3, 0.4) is 0 Å². The van der Waals surface area contributed by atoms with Crippen LogP contribution in [0.15, 0.2) is 41.3 Å². The van der Waals surface area contributed by atoms with Crippen molar-refractivity contribution in [3.8, 4) is 0 Å². The predicted molar refractivity (Wildman–Crippen MR) is 146 cm³/mol. The van der Waals surface area contributed by atoms with Crippen molar-refractivity contribution in [2.45, 2.75) is 44.7 Å². The number of hydrogen-bond donors (Lipinski definition) is 3. The molecular weight excluding hydrogens is 578 g/mol. The van der Waals surface area contributed by atoms with E-state index in [1.165, 1.54) is 28.8 Å². The number of anilines is 1. The summed E-state index contributed by atoms with van der Waals surface area (Å²) in [5, 5.41) is 11.9. The minimum absolute atomic E-state index is 0.0265. The molecule has 2 aromatic heterocycles. The molecule has 0 saturated heterocycles. The summed E-state index contributed by atoms with van der Waals surface area (Å²) in [6, 6.07) is 8.44. The number of fused-ring (bicyclic) bond motifs is 1. The molecule has 4 N–H and O–H groups in total. The highest BCUT2D eigenvalue weighted by atomic mass is 79.9. The first-order chi connectivity index (χ1) is 17.7. The number of nitrogens with two attached hydrogens (primary N) is 1. The van der Waals surface area contributed by atoms with Gasteiger partial charge in [0.05, 0.1) is 23.1 Å². The summed E-state index contributed by atoms with van der Waals surface area (Å²) in [5.41, 5.74) is 4.07. The quantitative estimate of drug-likeness (QED) is 0.329. The Morgan fingerprint density at radius 2 is 2.14 bits per heavy atom. The molecule has 3 atom stereocenters. The Labute approximate surface area is 228 Å². The van der Waals surface area contributed by atoms with Crippen molar-refractivity contribution in [2.75, 3.05) is 18.5 Å². The average Bonchev–Trinajstić information content (AvgIpc) is 3.48. The molecular formula is C25H28BrN5O4S2. The lowest BCUT2D eigenvalue weighted by atomic mass is 9.90. The van der Waals surface area contributed by atoms with E-state index < -0.39 is 10.3 Å². The van der Waals surface area contributed by atoms with Gasteiger partial charge in [-0.25, -0.2) is 15.1 Å². The Morgan fingerprint density at radius 3 is 2.95 bits per heavy atom. The van der Waals surface area contributed by atoms with Crippen LogP contribution in [0.25, 0.3) is 0 Å². The number of thiophene rings is 1. The molecule has 2 aliphatic rings. The second-order valence-corrected chi connectivity index (χ2v) is 12.9. The minimum atomic E-state index is -3.96. The molecule has 0 radical (unpaired) electrons. The Bertz CT molecular complexity index is 1430. The highest BCUT2D eigenvalue weighted by molar-refractivity contribution is 9.10. The molecule has 1 saturated carbocycles. The fourth-order valence-corrected chi connectivity index (χ4v) is 6.95. The summed E-state index contributed by atoms with van der Waals surface area (Å²) in [6.07, 6.45) is 6.23. The Balaban J connectivity index is 1.34. The molecule has 37 heavy (non-hydrogen) atoms. The largest absolute Gasteiger partial charge is 0.367 e. The summed E-state index contributed by atoms with van der Waals surface area (Å²) in [6.45, 7) is 2.98. The van der Waals surface area contributed by atoms with Gasteiger partial charge in [0.1, 0.15) is 12.1 Å². The van der Waals surface area contributed by atoms with Crippen molar-refractivity contribution in [3.05, 3.63) is 73.3 Å². The number of nitrogens with zero attached hydrogens (tertiary/aromatic N) is 2. The number of nitrogens with one attached hydrogen (secondary N) is 2. The van der Waals surface area contributed by atoms with Gasteiger partial charge in [-0.15, -0.1) is 11.3 Å². The van der Waals surface area contributed by atoms with E-state index in [1.54, 1.807) is 6.20 Å². The van der Waals surface area contributed by atoms with Gasteiger partial charge in [-0.1, -0.05) is 22.0 Å². The second kappa shape index (κ2) is 10.9. The summed E-state index contributed by atoms with van der Waals surface area (Å²) in [4.78, 5) is 23.8. The highest BCUT2D eigenvalue weighted by Crippen LogP contribution is 2.37. The van der Waals surface area contributed by atoms with E-state index >= 15 is 0 Å². The molecule has 5 rings (SSSR count). The topological polar surface area (TPSA) is 136 Å². The molecule has 1 aliphatic carbocycles. The van der Waals surface area contributed by atoms with Crippen molar-refractivity contribution in [2.24, 2.45) is 11.1 Å². The summed E-state index contributed by atoms with van der Waals surface area (Å²) in [5.74, 6) is 0.417. The molecule has 1 aromatic carbocycles. The van der Waals surface area contributed by atoms with E-state index in [9.17, 15) is 13.2 Å². The summed E-state index contributed by atoms with van der Waals surface area (Å²) in [7, 11) is -3.96. The van der Waals surface area contributed by atoms with Crippen LogP contribution in [-0.2, 0) is 20.9 Å². The molecule has 12 heteroatoms. The van der Waals surface area contributed by atoms with Crippen molar-refractivity contribution >= 4 is 49.2 Å². The second-order valence-electron chi connectivity index (χ2n) is 9.51. The third-order valence-electron chi connectivity index (χ3n) is 6.96. The molecule has 196 valence electrons. The van der Waals surface area contributed by atoms with Gasteiger partial charge in [0.25, 0.3) is 0 Å². The van der Waals surface area contributed by atoms with Crippen LogP contribution >= 0.6 is 27.3 Å². The summed E-state index contributed by atoms with van der Waals surface area (Å²) >= 11 is 5.07. The normalized spacial score (nSPS) is 21.5. The fraction of sp³-hybridized carbons (Fsp3) is 0.400. The molecule has 9 nitrogen and oxygen atoms in total. The van der Waals surface area contributed by atoms with Crippen LogP contribution in [0.1, 0.15) is 62.1 Å². The first kappa shape index (κ1) is 26.4. The van der Waals surface area contributed by atoms with Gasteiger partial charge in [-0.05, 0) is 73.4 Å². The number of carbonyl (C=O) groups excluding carboxylic acids is 1. The lowest BCUT2D eigenvalue weighted by molar-refractivity contribution is 0.104. The van der Waals surface area contributed by atoms with Crippen molar-refractivity contribution in [1.82, 2.24) is 15.3 Å². The molecule has 1 fully saturated rings. The molecule has 0 amide bonds. The number of carbonyl (C=O) groups is 1. The van der Waals surface area contributed by atoms with Crippen molar-refractivity contribution in [1.29, 1.82) is 0 Å². The van der Waals surface area contributed by atoms with Gasteiger partial charge in [0.2, 0.25) is 5.78 Å². The van der Waals surface area contributed by atoms with Gasteiger partial charge >= 0.3 is 10.3 Å². The molecule has 3 aromatic rings. The first-order valence-corrected chi connectivity index (χ1v) is 15.2. The lowest BCUT2D eigenvalue weighted by Gasteiger charge is -2.27. The van der Waals surface area contributed by atoms with Crippen LogP contribution in [0.4, 0.5) is 5.82 Å². The van der Waals surface area contributed by atoms with Crippen molar-refractivity contribution < 1.29 is 17.4 Å². The van der Waals surface area contributed by atoms with E-state index in [-0.39, 0.29) is 30.4 Å². The standard InChI is InChI=1S/C25H28BrN5O4S2/c1-14-19(23-20-9-17(26)4-3-16(20)6-7-29-23)10-22(36-14)24(32)21-11-28-13-30-25(21)31-18-5-2-15(8-18)12-35-37(27,33)34/h3-4,9-11,13,15,18,23,29H,2,5-8,12H2,1H3,(H2,27,33,34)(H,28,30,31)/t15-,18+,23?/m1/s1. The van der Waals surface area contributed by atoms with E-state index in [0.29, 0.717) is 22.7 Å². The van der Waals surface area contributed by atoms with Crippen LogP contribution in [0.5, 0.6) is 0 Å². The number of hydrogen-bond acceptors (Lipinski definition) is 9. The number of ketones is 1. The smallest absolute Gasteiger partial charge is 0.333 e. The Kier molecular flexibility index (Phi) is 7.75. The molecule has 0 spiro atoms. The third kappa shape index (κ3) is 6.10. The Hall–Kier alpha value is -2.22. The van der Waals surface area contributed by atoms with E-state index in [4.69, 9.17) is 9.32 Å². The van der Waals surface area contributed by atoms with Gasteiger partial charge in [-0.3, -0.25) is 8.98 Å². The molecule has 1 unspecified atom stereocenters. The van der Waals surface area contributed by atoms with Gasteiger partial charge in [0.15, 0.2) is 0 Å². The zero-order valence-electron chi connectivity index (χ0n) is 20.2. The number of benzene rings is 1. The summed E-state index contributed by atoms with van der Waals surface area (Å²) < 4.78 is 28.0. The van der Waals surface area contributed by atoms with Gasteiger partial charge < -0.3 is 10.6 Å². The minimum Gasteiger partial charge on any atom is -0.367 e. The number of halogens is 1. The van der Waals surface area contributed by atoms with E-state index in [2.05, 4.69) is 54.7 Å². The first-order valence-electron chi connectivity index (χ1n) is 12.1. The number of rotatable bonds is 8. The molecule has 0 bridgehead atoms. The Morgan fingerprint density at radius 1 is 1.30 bits per heavy atom. The predicted octanol–water partition coefficient (Wildman–Crippen LogP) is 3.88. The van der Waals surface area contributed by atoms with Crippen LogP contribution in [0, 0.1) is 12.8 Å². The zero-order valence-corrected chi connectivity index (χ0v) is 23.5. The van der Waals surface area contributed by atoms with Crippen molar-refractivity contribution in [3.63, 3.8) is 0 Å². The molecule has 1 aliphatic heterocycles. The van der Waals surface area contributed by atoms with Crippen LogP contribution in [0.2, 0.25) is 0 Å².